The number of benzene rings is 1. The number of likely N-dealkylation sites (N-methyl/N-ethyl adjacent to an activating group) is 1. The third-order valence-electron chi connectivity index (χ3n) is 5.45. The first kappa shape index (κ1) is 19.1. The van der Waals surface area contributed by atoms with E-state index < -0.39 is 0 Å². The summed E-state index contributed by atoms with van der Waals surface area (Å²) in [5.41, 5.74) is 2.53. The SMILES string of the molecule is Cc1ccc(C(CNC(=O)NC2CCOCC2)N2CCN(C)CC2)cc1. The molecule has 6 nitrogen and oxygen atoms in total. The Labute approximate surface area is 156 Å². The van der Waals surface area contributed by atoms with Gasteiger partial charge in [-0.25, -0.2) is 4.79 Å². The van der Waals surface area contributed by atoms with Crippen molar-refractivity contribution in [1.82, 2.24) is 20.4 Å². The average molecular weight is 361 g/mol. The smallest absolute Gasteiger partial charge is 0.315 e. The van der Waals surface area contributed by atoms with Gasteiger partial charge in [-0.1, -0.05) is 29.8 Å². The van der Waals surface area contributed by atoms with Crippen molar-refractivity contribution in [2.24, 2.45) is 0 Å². The second kappa shape index (κ2) is 9.35. The van der Waals surface area contributed by atoms with Gasteiger partial charge in [0.15, 0.2) is 0 Å². The van der Waals surface area contributed by atoms with Crippen LogP contribution in [0.3, 0.4) is 0 Å². The van der Waals surface area contributed by atoms with Gasteiger partial charge in [-0.3, -0.25) is 4.90 Å². The molecular formula is C20H32N4O2. The van der Waals surface area contributed by atoms with Gasteiger partial charge < -0.3 is 20.3 Å². The molecule has 2 heterocycles. The van der Waals surface area contributed by atoms with Gasteiger partial charge in [0, 0.05) is 52.0 Å². The number of carbonyl (C=O) groups excluding carboxylic acids is 1. The number of aryl methyl sites for hydroxylation is 1. The lowest BCUT2D eigenvalue weighted by Gasteiger charge is -2.38. The van der Waals surface area contributed by atoms with Crippen LogP contribution in [-0.4, -0.2) is 74.9 Å². The van der Waals surface area contributed by atoms with E-state index in [1.165, 1.54) is 11.1 Å². The van der Waals surface area contributed by atoms with Gasteiger partial charge in [-0.05, 0) is 32.4 Å². The molecule has 2 N–H and O–H groups in total. The van der Waals surface area contributed by atoms with Gasteiger partial charge in [-0.15, -0.1) is 0 Å². The summed E-state index contributed by atoms with van der Waals surface area (Å²) in [6.45, 7) is 8.39. The van der Waals surface area contributed by atoms with Crippen molar-refractivity contribution in [1.29, 1.82) is 0 Å². The Kier molecular flexibility index (Phi) is 6.88. The first-order valence-corrected chi connectivity index (χ1v) is 9.73. The first-order chi connectivity index (χ1) is 12.6. The number of carbonyl (C=O) groups is 1. The van der Waals surface area contributed by atoms with E-state index in [2.05, 4.69) is 58.7 Å². The molecular weight excluding hydrogens is 328 g/mol. The van der Waals surface area contributed by atoms with E-state index in [-0.39, 0.29) is 18.1 Å². The minimum absolute atomic E-state index is 0.0665. The second-order valence-corrected chi connectivity index (χ2v) is 7.51. The average Bonchev–Trinajstić information content (AvgIpc) is 2.65. The van der Waals surface area contributed by atoms with Gasteiger partial charge in [0.05, 0.1) is 6.04 Å². The maximum atomic E-state index is 12.3. The molecule has 3 rings (SSSR count). The summed E-state index contributed by atoms with van der Waals surface area (Å²) >= 11 is 0. The topological polar surface area (TPSA) is 56.8 Å². The summed E-state index contributed by atoms with van der Waals surface area (Å²) < 4.78 is 5.35. The zero-order valence-electron chi connectivity index (χ0n) is 16.0. The van der Waals surface area contributed by atoms with Gasteiger partial charge in [0.1, 0.15) is 0 Å². The number of urea groups is 1. The summed E-state index contributed by atoms with van der Waals surface area (Å²) in [4.78, 5) is 17.2. The largest absolute Gasteiger partial charge is 0.381 e. The van der Waals surface area contributed by atoms with E-state index in [1.807, 2.05) is 0 Å². The number of hydrogen-bond acceptors (Lipinski definition) is 4. The fraction of sp³-hybridized carbons (Fsp3) is 0.650. The maximum Gasteiger partial charge on any atom is 0.315 e. The van der Waals surface area contributed by atoms with Crippen molar-refractivity contribution in [2.45, 2.75) is 31.8 Å². The Morgan fingerprint density at radius 1 is 1.15 bits per heavy atom. The number of ether oxygens (including phenoxy) is 1. The van der Waals surface area contributed by atoms with Crippen LogP contribution in [-0.2, 0) is 4.74 Å². The number of piperazine rings is 1. The van der Waals surface area contributed by atoms with Gasteiger partial charge >= 0.3 is 6.03 Å². The fourth-order valence-corrected chi connectivity index (χ4v) is 3.65. The summed E-state index contributed by atoms with van der Waals surface area (Å²) in [6.07, 6.45) is 1.79. The van der Waals surface area contributed by atoms with Crippen LogP contribution in [0.15, 0.2) is 24.3 Å². The van der Waals surface area contributed by atoms with Crippen molar-refractivity contribution in [2.75, 3.05) is 53.0 Å². The number of nitrogens with zero attached hydrogens (tertiary/aromatic N) is 2. The molecule has 144 valence electrons. The van der Waals surface area contributed by atoms with Crippen LogP contribution in [0.1, 0.15) is 30.0 Å². The summed E-state index contributed by atoms with van der Waals surface area (Å²) in [5, 5.41) is 6.19. The Morgan fingerprint density at radius 3 is 2.46 bits per heavy atom. The van der Waals surface area contributed by atoms with Crippen LogP contribution in [0.5, 0.6) is 0 Å². The molecule has 0 aromatic heterocycles. The third kappa shape index (κ3) is 5.43. The number of hydrogen-bond donors (Lipinski definition) is 2. The Morgan fingerprint density at radius 2 is 1.81 bits per heavy atom. The molecule has 0 radical (unpaired) electrons. The highest BCUT2D eigenvalue weighted by atomic mass is 16.5. The molecule has 2 saturated heterocycles. The van der Waals surface area contributed by atoms with Crippen molar-refractivity contribution in [3.05, 3.63) is 35.4 Å². The zero-order valence-corrected chi connectivity index (χ0v) is 16.0. The van der Waals surface area contributed by atoms with Gasteiger partial charge in [0.2, 0.25) is 0 Å². The van der Waals surface area contributed by atoms with E-state index in [0.717, 1.165) is 52.2 Å². The first-order valence-electron chi connectivity index (χ1n) is 9.73. The number of amides is 2. The molecule has 1 unspecified atom stereocenters. The fourth-order valence-electron chi connectivity index (χ4n) is 3.65. The lowest BCUT2D eigenvalue weighted by molar-refractivity contribution is 0.0796. The van der Waals surface area contributed by atoms with Crippen LogP contribution in [0, 0.1) is 6.92 Å². The monoisotopic (exact) mass is 360 g/mol. The molecule has 2 fully saturated rings. The molecule has 1 aromatic carbocycles. The van der Waals surface area contributed by atoms with Crippen molar-refractivity contribution in [3.8, 4) is 0 Å². The van der Waals surface area contributed by atoms with Crippen LogP contribution < -0.4 is 10.6 Å². The van der Waals surface area contributed by atoms with E-state index in [9.17, 15) is 4.79 Å². The molecule has 0 saturated carbocycles. The summed E-state index contributed by atoms with van der Waals surface area (Å²) in [5.74, 6) is 0. The molecule has 0 bridgehead atoms. The lowest BCUT2D eigenvalue weighted by atomic mass is 10.0. The zero-order chi connectivity index (χ0) is 18.4. The van der Waals surface area contributed by atoms with Crippen LogP contribution in [0.25, 0.3) is 0 Å². The standard InChI is InChI=1S/C20H32N4O2/c1-16-3-5-17(6-4-16)19(24-11-9-23(2)10-12-24)15-21-20(25)22-18-7-13-26-14-8-18/h3-6,18-19H,7-15H2,1-2H3,(H2,21,22,25). The molecule has 0 spiro atoms. The van der Waals surface area contributed by atoms with E-state index >= 15 is 0 Å². The highest BCUT2D eigenvalue weighted by molar-refractivity contribution is 5.74. The highest BCUT2D eigenvalue weighted by Gasteiger charge is 2.25. The molecule has 26 heavy (non-hydrogen) atoms. The van der Waals surface area contributed by atoms with E-state index in [1.54, 1.807) is 0 Å². The Bertz CT molecular complexity index is 564. The van der Waals surface area contributed by atoms with Crippen molar-refractivity contribution in [3.63, 3.8) is 0 Å². The molecule has 6 heteroatoms. The molecule has 1 atom stereocenters. The van der Waals surface area contributed by atoms with Crippen LogP contribution >= 0.6 is 0 Å². The normalized spacial score (nSPS) is 21.3. The number of nitrogens with one attached hydrogen (secondary N) is 2. The molecule has 2 aliphatic heterocycles. The lowest BCUT2D eigenvalue weighted by Crippen LogP contribution is -2.50. The minimum Gasteiger partial charge on any atom is -0.381 e. The number of rotatable bonds is 5. The molecule has 1 aromatic rings. The van der Waals surface area contributed by atoms with Gasteiger partial charge in [-0.2, -0.15) is 0 Å². The van der Waals surface area contributed by atoms with Gasteiger partial charge in [0.25, 0.3) is 0 Å². The molecule has 2 amide bonds. The van der Waals surface area contributed by atoms with E-state index in [4.69, 9.17) is 4.74 Å². The van der Waals surface area contributed by atoms with Crippen LogP contribution in [0.2, 0.25) is 0 Å². The van der Waals surface area contributed by atoms with Crippen molar-refractivity contribution >= 4 is 6.03 Å². The summed E-state index contributed by atoms with van der Waals surface area (Å²) in [6, 6.07) is 9.06. The Hall–Kier alpha value is -1.63. The maximum absolute atomic E-state index is 12.3. The highest BCUT2D eigenvalue weighted by Crippen LogP contribution is 2.22. The molecule has 0 aliphatic carbocycles. The minimum atomic E-state index is -0.0665. The predicted octanol–water partition coefficient (Wildman–Crippen LogP) is 1.76. The van der Waals surface area contributed by atoms with Crippen LogP contribution in [0.4, 0.5) is 4.79 Å². The summed E-state index contributed by atoms with van der Waals surface area (Å²) in [7, 11) is 2.16. The Balaban J connectivity index is 1.59. The predicted molar refractivity (Wildman–Crippen MR) is 103 cm³/mol. The molecule has 2 aliphatic rings. The van der Waals surface area contributed by atoms with Crippen molar-refractivity contribution < 1.29 is 9.53 Å². The second-order valence-electron chi connectivity index (χ2n) is 7.51. The van der Waals surface area contributed by atoms with E-state index in [0.29, 0.717) is 6.54 Å². The quantitative estimate of drug-likeness (QED) is 0.840. The third-order valence-corrected chi connectivity index (χ3v) is 5.45.